The molecule has 0 bridgehead atoms. The van der Waals surface area contributed by atoms with Gasteiger partial charge in [-0.15, -0.1) is 0 Å². The van der Waals surface area contributed by atoms with Crippen LogP contribution in [-0.4, -0.2) is 36.1 Å². The lowest BCUT2D eigenvalue weighted by molar-refractivity contribution is -0.121. The molecule has 0 spiro atoms. The van der Waals surface area contributed by atoms with E-state index in [-0.39, 0.29) is 17.8 Å². The number of pyridine rings is 1. The highest BCUT2D eigenvalue weighted by Gasteiger charge is 2.33. The maximum atomic E-state index is 13.4. The van der Waals surface area contributed by atoms with Crippen LogP contribution in [0.4, 0.5) is 20.6 Å². The van der Waals surface area contributed by atoms with E-state index in [4.69, 9.17) is 0 Å². The molecule has 2 aliphatic rings. The minimum Gasteiger partial charge on any atom is -0.326 e. The second-order valence-corrected chi connectivity index (χ2v) is 7.32. The Balaban J connectivity index is 1.51. The lowest BCUT2D eigenvalue weighted by Gasteiger charge is -2.35. The Bertz CT molecular complexity index is 917. The molecule has 6 nitrogen and oxygen atoms in total. The van der Waals surface area contributed by atoms with Crippen molar-refractivity contribution in [1.29, 1.82) is 0 Å². The van der Waals surface area contributed by atoms with Crippen LogP contribution in [0, 0.1) is 12.7 Å². The maximum absolute atomic E-state index is 13.4. The zero-order chi connectivity index (χ0) is 19.7. The number of carbonyl (C=O) groups excluding carboxylic acids is 2. The largest absolute Gasteiger partial charge is 0.326 e. The molecule has 3 heterocycles. The van der Waals surface area contributed by atoms with Gasteiger partial charge in [0.25, 0.3) is 0 Å². The summed E-state index contributed by atoms with van der Waals surface area (Å²) in [5.41, 5.74) is 3.30. The fourth-order valence-electron chi connectivity index (χ4n) is 4.03. The topological polar surface area (TPSA) is 65.5 Å². The first kappa shape index (κ1) is 18.4. The highest BCUT2D eigenvalue weighted by molar-refractivity contribution is 6.02. The van der Waals surface area contributed by atoms with Crippen LogP contribution in [-0.2, 0) is 11.2 Å². The Morgan fingerprint density at radius 2 is 2.07 bits per heavy atom. The van der Waals surface area contributed by atoms with E-state index in [1.807, 2.05) is 6.07 Å². The number of hydrogen-bond acceptors (Lipinski definition) is 3. The molecule has 0 aliphatic carbocycles. The molecule has 28 heavy (non-hydrogen) atoms. The van der Waals surface area contributed by atoms with Crippen molar-refractivity contribution in [2.45, 2.75) is 38.6 Å². The van der Waals surface area contributed by atoms with E-state index in [0.29, 0.717) is 30.8 Å². The number of rotatable bonds is 2. The van der Waals surface area contributed by atoms with Crippen LogP contribution in [0.1, 0.15) is 30.4 Å². The zero-order valence-electron chi connectivity index (χ0n) is 15.8. The highest BCUT2D eigenvalue weighted by atomic mass is 19.1. The first-order valence-corrected chi connectivity index (χ1v) is 9.63. The fraction of sp³-hybridized carbons (Fsp3) is 0.381. The predicted molar refractivity (Wildman–Crippen MR) is 105 cm³/mol. The number of halogens is 1. The molecular formula is C21H23FN4O2. The number of piperidine rings is 1. The molecular weight excluding hydrogens is 359 g/mol. The number of urea groups is 1. The Morgan fingerprint density at radius 1 is 1.21 bits per heavy atom. The number of hydrogen-bond donors (Lipinski definition) is 1. The summed E-state index contributed by atoms with van der Waals surface area (Å²) in [5, 5.41) is 2.90. The van der Waals surface area contributed by atoms with Gasteiger partial charge in [0.15, 0.2) is 0 Å². The molecule has 1 N–H and O–H groups in total. The molecule has 146 valence electrons. The third kappa shape index (κ3) is 3.44. The molecule has 1 fully saturated rings. The zero-order valence-corrected chi connectivity index (χ0v) is 15.8. The van der Waals surface area contributed by atoms with E-state index in [9.17, 15) is 14.0 Å². The van der Waals surface area contributed by atoms with E-state index in [0.717, 1.165) is 30.5 Å². The molecule has 1 aromatic heterocycles. The van der Waals surface area contributed by atoms with Crippen LogP contribution < -0.4 is 15.1 Å². The van der Waals surface area contributed by atoms with Gasteiger partial charge < -0.3 is 10.2 Å². The lowest BCUT2D eigenvalue weighted by atomic mass is 10.0. The number of aryl methyl sites for hydroxylation is 2. The van der Waals surface area contributed by atoms with Gasteiger partial charge in [-0.1, -0.05) is 0 Å². The van der Waals surface area contributed by atoms with Crippen molar-refractivity contribution < 1.29 is 14.0 Å². The number of anilines is 2. The van der Waals surface area contributed by atoms with Crippen LogP contribution in [0.25, 0.3) is 0 Å². The van der Waals surface area contributed by atoms with Crippen LogP contribution in [0.15, 0.2) is 36.7 Å². The van der Waals surface area contributed by atoms with Crippen molar-refractivity contribution in [3.63, 3.8) is 0 Å². The van der Waals surface area contributed by atoms with Gasteiger partial charge in [-0.2, -0.15) is 0 Å². The van der Waals surface area contributed by atoms with Crippen molar-refractivity contribution in [2.75, 3.05) is 22.9 Å². The maximum Gasteiger partial charge on any atom is 0.322 e. The second kappa shape index (κ2) is 7.58. The summed E-state index contributed by atoms with van der Waals surface area (Å²) in [6, 6.07) is 5.47. The normalized spacial score (nSPS) is 19.4. The van der Waals surface area contributed by atoms with Crippen molar-refractivity contribution in [2.24, 2.45) is 0 Å². The average Bonchev–Trinajstić information content (AvgIpc) is 2.69. The summed E-state index contributed by atoms with van der Waals surface area (Å²) in [5.74, 6) is -0.481. The number of amides is 3. The first-order valence-electron chi connectivity index (χ1n) is 9.63. The Morgan fingerprint density at radius 3 is 2.89 bits per heavy atom. The van der Waals surface area contributed by atoms with E-state index < -0.39 is 6.04 Å². The fourth-order valence-corrected chi connectivity index (χ4v) is 4.03. The monoisotopic (exact) mass is 382 g/mol. The third-order valence-corrected chi connectivity index (χ3v) is 5.44. The lowest BCUT2D eigenvalue weighted by Crippen LogP contribution is -2.56. The molecule has 1 saturated heterocycles. The van der Waals surface area contributed by atoms with E-state index in [1.165, 1.54) is 12.1 Å². The molecule has 2 aliphatic heterocycles. The molecule has 1 aromatic carbocycles. The molecule has 0 saturated carbocycles. The summed E-state index contributed by atoms with van der Waals surface area (Å²) in [6.07, 6.45) is 6.59. The summed E-state index contributed by atoms with van der Waals surface area (Å²) in [7, 11) is 0. The number of aromatic nitrogens is 1. The van der Waals surface area contributed by atoms with Crippen molar-refractivity contribution in [1.82, 2.24) is 10.3 Å². The molecule has 1 unspecified atom stereocenters. The average molecular weight is 382 g/mol. The number of nitrogens with one attached hydrogen (secondary N) is 1. The molecule has 2 aromatic rings. The summed E-state index contributed by atoms with van der Waals surface area (Å²) in [4.78, 5) is 33.4. The summed E-state index contributed by atoms with van der Waals surface area (Å²) >= 11 is 0. The molecule has 0 radical (unpaired) electrons. The van der Waals surface area contributed by atoms with Crippen molar-refractivity contribution in [3.05, 3.63) is 53.6 Å². The van der Waals surface area contributed by atoms with E-state index in [1.54, 1.807) is 35.2 Å². The number of fused-ring (bicyclic) bond motifs is 1. The van der Waals surface area contributed by atoms with E-state index >= 15 is 0 Å². The van der Waals surface area contributed by atoms with Gasteiger partial charge in [-0.25, -0.2) is 9.18 Å². The third-order valence-electron chi connectivity index (χ3n) is 5.44. The molecule has 3 amide bonds. The Hall–Kier alpha value is -2.96. The second-order valence-electron chi connectivity index (χ2n) is 7.32. The molecule has 1 atom stereocenters. The highest BCUT2D eigenvalue weighted by Crippen LogP contribution is 2.28. The first-order chi connectivity index (χ1) is 13.5. The van der Waals surface area contributed by atoms with Gasteiger partial charge in [-0.3, -0.25) is 14.7 Å². The van der Waals surface area contributed by atoms with Crippen molar-refractivity contribution in [3.8, 4) is 0 Å². The van der Waals surface area contributed by atoms with Gasteiger partial charge in [-0.05, 0) is 68.0 Å². The van der Waals surface area contributed by atoms with Gasteiger partial charge in [0, 0.05) is 25.0 Å². The van der Waals surface area contributed by atoms with Gasteiger partial charge in [0.1, 0.15) is 11.9 Å². The summed E-state index contributed by atoms with van der Waals surface area (Å²) in [6.45, 7) is 2.95. The van der Waals surface area contributed by atoms with Gasteiger partial charge in [0.05, 0.1) is 11.9 Å². The number of benzene rings is 1. The van der Waals surface area contributed by atoms with Crippen LogP contribution >= 0.6 is 0 Å². The van der Waals surface area contributed by atoms with Gasteiger partial charge in [0.2, 0.25) is 5.91 Å². The summed E-state index contributed by atoms with van der Waals surface area (Å²) < 4.78 is 13.4. The minimum atomic E-state index is -0.590. The SMILES string of the molecule is Cc1cc(F)ccc1N1CCCC(NC(=O)N2CCCc3ccncc32)C1=O. The quantitative estimate of drug-likeness (QED) is 0.868. The predicted octanol–water partition coefficient (Wildman–Crippen LogP) is 3.19. The smallest absolute Gasteiger partial charge is 0.322 e. The minimum absolute atomic E-state index is 0.155. The standard InChI is InChI=1S/C21H23FN4O2/c1-14-12-16(22)6-7-18(14)25-10-3-5-17(20(25)27)24-21(28)26-11-2-4-15-8-9-23-13-19(15)26/h6-9,12-13,17H,2-5,10-11H2,1H3,(H,24,28). The molecule has 4 rings (SSSR count). The van der Waals surface area contributed by atoms with E-state index in [2.05, 4.69) is 10.3 Å². The van der Waals surface area contributed by atoms with Crippen LogP contribution in [0.5, 0.6) is 0 Å². The molecule has 7 heteroatoms. The van der Waals surface area contributed by atoms with Crippen LogP contribution in [0.3, 0.4) is 0 Å². The Kier molecular flexibility index (Phi) is 4.98. The van der Waals surface area contributed by atoms with Crippen LogP contribution in [0.2, 0.25) is 0 Å². The Labute approximate surface area is 163 Å². The number of nitrogens with zero attached hydrogens (tertiary/aromatic N) is 3. The van der Waals surface area contributed by atoms with Gasteiger partial charge >= 0.3 is 6.03 Å². The van der Waals surface area contributed by atoms with Crippen molar-refractivity contribution >= 4 is 23.3 Å². The number of carbonyl (C=O) groups is 2.